The van der Waals surface area contributed by atoms with Crippen molar-refractivity contribution in [3.63, 3.8) is 0 Å². The molecule has 106 valence electrons. The van der Waals surface area contributed by atoms with Crippen molar-refractivity contribution in [2.45, 2.75) is 27.2 Å². The minimum absolute atomic E-state index is 0.0644. The Bertz CT molecular complexity index is 638. The van der Waals surface area contributed by atoms with Gasteiger partial charge in [0.1, 0.15) is 5.56 Å². The first-order valence-electron chi connectivity index (χ1n) is 7.15. The predicted octanol–water partition coefficient (Wildman–Crippen LogP) is 2.16. The highest BCUT2D eigenvalue weighted by Crippen LogP contribution is 2.24. The highest BCUT2D eigenvalue weighted by atomic mass is 16.2. The summed E-state index contributed by atoms with van der Waals surface area (Å²) in [7, 11) is 0. The lowest BCUT2D eigenvalue weighted by molar-refractivity contribution is 0.0624. The van der Waals surface area contributed by atoms with Crippen LogP contribution in [0, 0.1) is 18.8 Å². The van der Waals surface area contributed by atoms with Crippen LogP contribution in [-0.2, 0) is 0 Å². The van der Waals surface area contributed by atoms with Gasteiger partial charge in [0.15, 0.2) is 5.65 Å². The summed E-state index contributed by atoms with van der Waals surface area (Å²) in [5, 5.41) is 4.37. The summed E-state index contributed by atoms with van der Waals surface area (Å²) in [5.41, 5.74) is 2.05. The van der Waals surface area contributed by atoms with Crippen molar-refractivity contribution in [2.75, 3.05) is 13.1 Å². The molecule has 2 atom stereocenters. The van der Waals surface area contributed by atoms with Crippen molar-refractivity contribution in [3.05, 3.63) is 29.7 Å². The lowest BCUT2D eigenvalue weighted by Crippen LogP contribution is -2.42. The van der Waals surface area contributed by atoms with Crippen LogP contribution in [0.2, 0.25) is 0 Å². The lowest BCUT2D eigenvalue weighted by Gasteiger charge is -2.34. The first-order chi connectivity index (χ1) is 9.56. The average Bonchev–Trinajstić information content (AvgIpc) is 2.72. The van der Waals surface area contributed by atoms with E-state index in [1.54, 1.807) is 10.7 Å². The van der Waals surface area contributed by atoms with Gasteiger partial charge in [-0.1, -0.05) is 13.8 Å². The van der Waals surface area contributed by atoms with Crippen LogP contribution in [0.1, 0.15) is 36.3 Å². The fraction of sp³-hybridized carbons (Fsp3) is 0.533. The van der Waals surface area contributed by atoms with E-state index in [2.05, 4.69) is 23.9 Å². The highest BCUT2D eigenvalue weighted by Gasteiger charge is 2.29. The topological polar surface area (TPSA) is 50.5 Å². The molecule has 2 aromatic heterocycles. The summed E-state index contributed by atoms with van der Waals surface area (Å²) in [5.74, 6) is 1.17. The van der Waals surface area contributed by atoms with E-state index in [1.807, 2.05) is 24.1 Å². The van der Waals surface area contributed by atoms with Crippen molar-refractivity contribution < 1.29 is 4.79 Å². The van der Waals surface area contributed by atoms with Crippen LogP contribution in [0.15, 0.2) is 18.5 Å². The van der Waals surface area contributed by atoms with E-state index in [0.29, 0.717) is 23.0 Å². The zero-order valence-corrected chi connectivity index (χ0v) is 12.2. The smallest absolute Gasteiger partial charge is 0.259 e. The number of piperidine rings is 1. The highest BCUT2D eigenvalue weighted by molar-refractivity contribution is 6.01. The van der Waals surface area contributed by atoms with E-state index in [4.69, 9.17) is 0 Å². The molecule has 1 saturated heterocycles. The van der Waals surface area contributed by atoms with Crippen molar-refractivity contribution in [2.24, 2.45) is 11.8 Å². The number of amides is 1. The minimum atomic E-state index is 0.0644. The quantitative estimate of drug-likeness (QED) is 0.799. The van der Waals surface area contributed by atoms with Crippen molar-refractivity contribution in [1.29, 1.82) is 0 Å². The Balaban J connectivity index is 1.98. The number of fused-ring (bicyclic) bond motifs is 1. The fourth-order valence-electron chi connectivity index (χ4n) is 3.23. The van der Waals surface area contributed by atoms with Crippen LogP contribution in [0.4, 0.5) is 0 Å². The molecule has 0 spiro atoms. The monoisotopic (exact) mass is 272 g/mol. The van der Waals surface area contributed by atoms with Gasteiger partial charge in [0.2, 0.25) is 0 Å². The third-order valence-electron chi connectivity index (χ3n) is 3.94. The number of hydrogen-bond donors (Lipinski definition) is 0. The molecule has 3 heterocycles. The Morgan fingerprint density at radius 3 is 2.70 bits per heavy atom. The maximum atomic E-state index is 12.8. The van der Waals surface area contributed by atoms with Crippen LogP contribution >= 0.6 is 0 Å². The van der Waals surface area contributed by atoms with Crippen LogP contribution in [0.3, 0.4) is 0 Å². The van der Waals surface area contributed by atoms with Crippen LogP contribution in [-0.4, -0.2) is 38.5 Å². The van der Waals surface area contributed by atoms with Gasteiger partial charge in [-0.25, -0.2) is 9.50 Å². The second-order valence-electron chi connectivity index (χ2n) is 6.00. The van der Waals surface area contributed by atoms with Gasteiger partial charge in [-0.15, -0.1) is 0 Å². The molecular formula is C15H20N4O. The average molecular weight is 272 g/mol. The number of carbonyl (C=O) groups excluding carboxylic acids is 1. The molecule has 2 aromatic rings. The Labute approximate surface area is 118 Å². The summed E-state index contributed by atoms with van der Waals surface area (Å²) in [6, 6.07) is 1.82. The molecule has 0 aliphatic carbocycles. The van der Waals surface area contributed by atoms with Crippen LogP contribution < -0.4 is 0 Å². The Morgan fingerprint density at radius 1 is 1.30 bits per heavy atom. The molecule has 3 rings (SSSR count). The van der Waals surface area contributed by atoms with Crippen molar-refractivity contribution >= 4 is 11.6 Å². The third-order valence-corrected chi connectivity index (χ3v) is 3.94. The maximum absolute atomic E-state index is 12.8. The molecule has 1 aliphatic heterocycles. The summed E-state index contributed by atoms with van der Waals surface area (Å²) < 4.78 is 1.68. The number of aromatic nitrogens is 3. The van der Waals surface area contributed by atoms with Crippen LogP contribution in [0.25, 0.3) is 5.65 Å². The van der Waals surface area contributed by atoms with Crippen molar-refractivity contribution in [1.82, 2.24) is 19.5 Å². The number of nitrogens with zero attached hydrogens (tertiary/aromatic N) is 4. The summed E-state index contributed by atoms with van der Waals surface area (Å²) in [4.78, 5) is 19.1. The molecule has 2 unspecified atom stereocenters. The van der Waals surface area contributed by atoms with E-state index in [-0.39, 0.29) is 5.91 Å². The number of rotatable bonds is 1. The third kappa shape index (κ3) is 2.17. The molecule has 1 amide bonds. The fourth-order valence-corrected chi connectivity index (χ4v) is 3.23. The zero-order chi connectivity index (χ0) is 14.3. The molecule has 0 bridgehead atoms. The van der Waals surface area contributed by atoms with E-state index >= 15 is 0 Å². The largest absolute Gasteiger partial charge is 0.338 e. The van der Waals surface area contributed by atoms with Crippen LogP contribution in [0.5, 0.6) is 0 Å². The molecule has 5 nitrogen and oxygen atoms in total. The number of aryl methyl sites for hydroxylation is 1. The Hall–Kier alpha value is -1.91. The zero-order valence-electron chi connectivity index (χ0n) is 12.2. The molecule has 20 heavy (non-hydrogen) atoms. The molecule has 0 aromatic carbocycles. The van der Waals surface area contributed by atoms with Crippen molar-refractivity contribution in [3.8, 4) is 0 Å². The van der Waals surface area contributed by atoms with E-state index in [9.17, 15) is 4.79 Å². The summed E-state index contributed by atoms with van der Waals surface area (Å²) in [6.07, 6.45) is 4.72. The summed E-state index contributed by atoms with van der Waals surface area (Å²) >= 11 is 0. The molecule has 0 saturated carbocycles. The van der Waals surface area contributed by atoms with Gasteiger partial charge in [0, 0.05) is 25.5 Å². The Kier molecular flexibility index (Phi) is 3.20. The second-order valence-corrected chi connectivity index (χ2v) is 6.00. The lowest BCUT2D eigenvalue weighted by atomic mass is 9.91. The SMILES string of the molecule is Cc1nn2cccnc2c1C(=O)N1CC(C)CC(C)C1. The minimum Gasteiger partial charge on any atom is -0.338 e. The molecule has 5 heteroatoms. The van der Waals surface area contributed by atoms with Gasteiger partial charge in [-0.2, -0.15) is 5.10 Å². The van der Waals surface area contributed by atoms with Gasteiger partial charge >= 0.3 is 0 Å². The van der Waals surface area contributed by atoms with E-state index in [1.165, 1.54) is 6.42 Å². The molecular weight excluding hydrogens is 252 g/mol. The Morgan fingerprint density at radius 2 is 2.00 bits per heavy atom. The van der Waals surface area contributed by atoms with E-state index < -0.39 is 0 Å². The number of hydrogen-bond acceptors (Lipinski definition) is 3. The normalized spacial score (nSPS) is 23.2. The van der Waals surface area contributed by atoms with Gasteiger partial charge in [-0.3, -0.25) is 4.79 Å². The summed E-state index contributed by atoms with van der Waals surface area (Å²) in [6.45, 7) is 7.94. The van der Waals surface area contributed by atoms with Gasteiger partial charge < -0.3 is 4.90 Å². The predicted molar refractivity (Wildman–Crippen MR) is 76.6 cm³/mol. The molecule has 1 fully saturated rings. The second kappa shape index (κ2) is 4.89. The van der Waals surface area contributed by atoms with Gasteiger partial charge in [-0.05, 0) is 31.2 Å². The molecule has 0 radical (unpaired) electrons. The number of likely N-dealkylation sites (tertiary alicyclic amines) is 1. The van der Waals surface area contributed by atoms with E-state index in [0.717, 1.165) is 18.8 Å². The number of carbonyl (C=O) groups is 1. The maximum Gasteiger partial charge on any atom is 0.259 e. The van der Waals surface area contributed by atoms with Gasteiger partial charge in [0.05, 0.1) is 5.69 Å². The first kappa shape index (κ1) is 13.1. The molecule has 0 N–H and O–H groups in total. The van der Waals surface area contributed by atoms with Gasteiger partial charge in [0.25, 0.3) is 5.91 Å². The first-order valence-corrected chi connectivity index (χ1v) is 7.15. The standard InChI is InChI=1S/C15H20N4O/c1-10-7-11(2)9-18(8-10)15(20)13-12(3)17-19-6-4-5-16-14(13)19/h4-6,10-11H,7-9H2,1-3H3. The molecule has 1 aliphatic rings.